The molecule has 0 heterocycles. The summed E-state index contributed by atoms with van der Waals surface area (Å²) in [6.07, 6.45) is 4.39. The lowest BCUT2D eigenvalue weighted by Gasteiger charge is -2.31. The Morgan fingerprint density at radius 3 is 2.58 bits per heavy atom. The monoisotopic (exact) mass is 377 g/mol. The van der Waals surface area contributed by atoms with Crippen LogP contribution in [0.4, 0.5) is 5.69 Å². The second kappa shape index (κ2) is 8.54. The normalized spacial score (nSPS) is 16.7. The van der Waals surface area contributed by atoms with Crippen LogP contribution in [-0.2, 0) is 20.4 Å². The molecule has 2 rings (SSSR count). The van der Waals surface area contributed by atoms with Crippen molar-refractivity contribution in [3.05, 3.63) is 29.8 Å². The van der Waals surface area contributed by atoms with E-state index in [1.54, 1.807) is 38.1 Å². The lowest BCUT2D eigenvalue weighted by atomic mass is 9.83. The Kier molecular flexibility index (Phi) is 6.65. The Labute approximate surface area is 155 Å². The molecule has 0 spiro atoms. The number of nitrogens with one attached hydrogen (secondary N) is 2. The number of carbonyl (C=O) groups is 1. The van der Waals surface area contributed by atoms with Crippen LogP contribution in [0.5, 0.6) is 0 Å². The van der Waals surface area contributed by atoms with Crippen molar-refractivity contribution >= 4 is 21.4 Å². The number of nitriles is 1. The van der Waals surface area contributed by atoms with Crippen LogP contribution in [0.1, 0.15) is 51.5 Å². The first-order valence-corrected chi connectivity index (χ1v) is 10.7. The first-order chi connectivity index (χ1) is 12.3. The van der Waals surface area contributed by atoms with E-state index < -0.39 is 20.6 Å². The number of rotatable bonds is 7. The van der Waals surface area contributed by atoms with Crippen LogP contribution in [0.2, 0.25) is 0 Å². The highest BCUT2D eigenvalue weighted by molar-refractivity contribution is 7.91. The average Bonchev–Trinajstić information content (AvgIpc) is 2.60. The van der Waals surface area contributed by atoms with Gasteiger partial charge in [0.2, 0.25) is 5.91 Å². The third-order valence-corrected chi connectivity index (χ3v) is 6.94. The van der Waals surface area contributed by atoms with Gasteiger partial charge in [0.05, 0.1) is 23.6 Å². The van der Waals surface area contributed by atoms with Gasteiger partial charge in [0, 0.05) is 5.69 Å². The van der Waals surface area contributed by atoms with E-state index in [2.05, 4.69) is 16.7 Å². The molecule has 0 atom stereocenters. The molecule has 1 saturated carbocycles. The van der Waals surface area contributed by atoms with Crippen LogP contribution in [-0.4, -0.2) is 31.7 Å². The van der Waals surface area contributed by atoms with Crippen molar-refractivity contribution in [1.29, 1.82) is 5.26 Å². The highest BCUT2D eigenvalue weighted by Gasteiger charge is 2.33. The third kappa shape index (κ3) is 5.46. The fraction of sp³-hybridized carbons (Fsp3) is 0.579. The summed E-state index contributed by atoms with van der Waals surface area (Å²) in [6, 6.07) is 9.33. The number of amides is 1. The second-order valence-electron chi connectivity index (χ2n) is 7.21. The van der Waals surface area contributed by atoms with Gasteiger partial charge in [-0.2, -0.15) is 5.26 Å². The molecule has 0 saturated heterocycles. The summed E-state index contributed by atoms with van der Waals surface area (Å²) in [4.78, 5) is 12.2. The van der Waals surface area contributed by atoms with E-state index in [0.29, 0.717) is 24.1 Å². The Morgan fingerprint density at radius 1 is 1.27 bits per heavy atom. The first kappa shape index (κ1) is 20.2. The van der Waals surface area contributed by atoms with E-state index in [0.717, 1.165) is 19.3 Å². The molecule has 0 aromatic heterocycles. The predicted octanol–water partition coefficient (Wildman–Crippen LogP) is 2.76. The fourth-order valence-corrected chi connectivity index (χ4v) is 4.06. The van der Waals surface area contributed by atoms with Gasteiger partial charge >= 0.3 is 0 Å². The maximum atomic E-state index is 12.2. The first-order valence-electron chi connectivity index (χ1n) is 9.03. The van der Waals surface area contributed by atoms with E-state index in [9.17, 15) is 18.5 Å². The summed E-state index contributed by atoms with van der Waals surface area (Å²) in [5.74, 6) is -0.252. The van der Waals surface area contributed by atoms with Crippen molar-refractivity contribution in [2.75, 3.05) is 11.9 Å². The van der Waals surface area contributed by atoms with Crippen LogP contribution < -0.4 is 10.6 Å². The summed E-state index contributed by atoms with van der Waals surface area (Å²) in [5.41, 5.74) is 0.626. The molecule has 2 N–H and O–H groups in total. The Balaban J connectivity index is 1.94. The third-order valence-electron chi connectivity index (χ3n) is 4.77. The zero-order chi connectivity index (χ0) is 19.2. The highest BCUT2D eigenvalue weighted by atomic mass is 32.2. The molecule has 0 radical (unpaired) electrons. The number of hydrogen-bond acceptors (Lipinski definition) is 5. The molecule has 1 aliphatic rings. The molecule has 0 aliphatic heterocycles. The Bertz CT molecular complexity index is 775. The van der Waals surface area contributed by atoms with Crippen LogP contribution in [0.15, 0.2) is 24.3 Å². The fourth-order valence-electron chi connectivity index (χ4n) is 3.08. The molecular formula is C19H27N3O3S. The van der Waals surface area contributed by atoms with Gasteiger partial charge in [-0.05, 0) is 44.4 Å². The number of carbonyl (C=O) groups excluding carboxylic acids is 1. The van der Waals surface area contributed by atoms with Gasteiger partial charge in [-0.15, -0.1) is 0 Å². The van der Waals surface area contributed by atoms with Gasteiger partial charge in [0.15, 0.2) is 9.84 Å². The number of hydrogen-bond donors (Lipinski definition) is 2. The van der Waals surface area contributed by atoms with Crippen molar-refractivity contribution < 1.29 is 13.2 Å². The molecule has 1 aromatic carbocycles. The summed E-state index contributed by atoms with van der Waals surface area (Å²) in [6.45, 7) is 3.37. The summed E-state index contributed by atoms with van der Waals surface area (Å²) < 4.78 is 24.1. The molecule has 142 valence electrons. The van der Waals surface area contributed by atoms with Gasteiger partial charge in [-0.1, -0.05) is 31.4 Å². The van der Waals surface area contributed by atoms with Crippen LogP contribution in [0, 0.1) is 11.3 Å². The number of benzene rings is 1. The second-order valence-corrected chi connectivity index (χ2v) is 9.77. The topological polar surface area (TPSA) is 99.1 Å². The largest absolute Gasteiger partial charge is 0.376 e. The maximum Gasteiger partial charge on any atom is 0.240 e. The average molecular weight is 378 g/mol. The Hall–Kier alpha value is -2.07. The zero-order valence-electron chi connectivity index (χ0n) is 15.4. The van der Waals surface area contributed by atoms with Crippen molar-refractivity contribution in [3.63, 3.8) is 0 Å². The van der Waals surface area contributed by atoms with E-state index in [-0.39, 0.29) is 18.2 Å². The molecule has 1 fully saturated rings. The van der Waals surface area contributed by atoms with Crippen molar-refractivity contribution in [1.82, 2.24) is 5.32 Å². The lowest BCUT2D eigenvalue weighted by Crippen LogP contribution is -2.50. The molecule has 0 bridgehead atoms. The van der Waals surface area contributed by atoms with Gasteiger partial charge in [-0.3, -0.25) is 4.79 Å². The van der Waals surface area contributed by atoms with Crippen LogP contribution >= 0.6 is 0 Å². The molecule has 1 amide bonds. The van der Waals surface area contributed by atoms with Gasteiger partial charge in [0.25, 0.3) is 0 Å². The molecule has 1 aliphatic carbocycles. The SMILES string of the molecule is CC(C)S(=O)(=O)Cc1cccc(NCC(=O)NC2(C#N)CCCCC2)c1. The van der Waals surface area contributed by atoms with Crippen molar-refractivity contribution in [3.8, 4) is 6.07 Å². The van der Waals surface area contributed by atoms with Gasteiger partial charge in [0.1, 0.15) is 5.54 Å². The number of nitrogens with zero attached hydrogens (tertiary/aromatic N) is 1. The van der Waals surface area contributed by atoms with E-state index in [4.69, 9.17) is 0 Å². The van der Waals surface area contributed by atoms with E-state index >= 15 is 0 Å². The quantitative estimate of drug-likeness (QED) is 0.761. The minimum absolute atomic E-state index is 0.0239. The summed E-state index contributed by atoms with van der Waals surface area (Å²) >= 11 is 0. The Morgan fingerprint density at radius 2 is 1.96 bits per heavy atom. The van der Waals surface area contributed by atoms with Gasteiger partial charge in [-0.25, -0.2) is 8.42 Å². The molecule has 7 heteroatoms. The molecule has 1 aromatic rings. The minimum Gasteiger partial charge on any atom is -0.376 e. The van der Waals surface area contributed by atoms with Crippen LogP contribution in [0.3, 0.4) is 0 Å². The van der Waals surface area contributed by atoms with E-state index in [1.807, 2.05) is 0 Å². The molecular weight excluding hydrogens is 350 g/mol. The summed E-state index contributed by atoms with van der Waals surface area (Å²) in [7, 11) is -3.17. The predicted molar refractivity (Wildman–Crippen MR) is 102 cm³/mol. The lowest BCUT2D eigenvalue weighted by molar-refractivity contribution is -0.121. The van der Waals surface area contributed by atoms with Gasteiger partial charge < -0.3 is 10.6 Å². The zero-order valence-corrected chi connectivity index (χ0v) is 16.2. The highest BCUT2D eigenvalue weighted by Crippen LogP contribution is 2.27. The van der Waals surface area contributed by atoms with Crippen molar-refractivity contribution in [2.24, 2.45) is 0 Å². The minimum atomic E-state index is -3.17. The molecule has 26 heavy (non-hydrogen) atoms. The summed E-state index contributed by atoms with van der Waals surface area (Å²) in [5, 5.41) is 14.9. The smallest absolute Gasteiger partial charge is 0.240 e. The number of sulfone groups is 1. The standard InChI is InChI=1S/C19H27N3O3S/c1-15(2)26(24,25)13-16-7-6-8-17(11-16)21-12-18(23)22-19(14-20)9-4-3-5-10-19/h6-8,11,15,21H,3-5,9-10,12-13H2,1-2H3,(H,22,23). The van der Waals surface area contributed by atoms with E-state index in [1.165, 1.54) is 0 Å². The van der Waals surface area contributed by atoms with Crippen LogP contribution in [0.25, 0.3) is 0 Å². The number of anilines is 1. The molecule has 6 nitrogen and oxygen atoms in total. The maximum absolute atomic E-state index is 12.2. The molecule has 0 unspecified atom stereocenters. The van der Waals surface area contributed by atoms with Crippen molar-refractivity contribution in [2.45, 2.75) is 62.5 Å².